The van der Waals surface area contributed by atoms with Crippen LogP contribution in [-0.4, -0.2) is 18.0 Å². The number of halogens is 1. The largest absolute Gasteiger partial charge is 0.369 e. The van der Waals surface area contributed by atoms with E-state index in [9.17, 15) is 4.79 Å². The van der Waals surface area contributed by atoms with Crippen LogP contribution in [0.1, 0.15) is 40.0 Å². The van der Waals surface area contributed by atoms with Crippen molar-refractivity contribution in [3.8, 4) is 0 Å². The maximum Gasteiger partial charge on any atom is 0.247 e. The van der Waals surface area contributed by atoms with Gasteiger partial charge in [-0.15, -0.1) is 0 Å². The maximum atomic E-state index is 10.7. The highest BCUT2D eigenvalue weighted by atomic mass is 35.5. The van der Waals surface area contributed by atoms with Gasteiger partial charge in [-0.3, -0.25) is 4.79 Å². The van der Waals surface area contributed by atoms with Crippen molar-refractivity contribution in [1.82, 2.24) is 0 Å². The third kappa shape index (κ3) is 4.12. The van der Waals surface area contributed by atoms with Crippen LogP contribution in [0.25, 0.3) is 0 Å². The van der Waals surface area contributed by atoms with E-state index in [0.717, 1.165) is 6.42 Å². The second kappa shape index (κ2) is 5.86. The molecule has 88 valence electrons. The first-order chi connectivity index (χ1) is 7.00. The Morgan fingerprint density at radius 1 is 1.47 bits per heavy atom. The molecule has 1 aliphatic rings. The average molecular weight is 233 g/mol. The Morgan fingerprint density at radius 3 is 2.67 bits per heavy atom. The van der Waals surface area contributed by atoms with Gasteiger partial charge in [0.05, 0.1) is 6.10 Å². The Bertz CT molecular complexity index is 216. The van der Waals surface area contributed by atoms with Gasteiger partial charge in [0.1, 0.15) is 6.61 Å². The zero-order chi connectivity index (χ0) is 11.4. The monoisotopic (exact) mass is 232 g/mol. The molecule has 1 fully saturated rings. The van der Waals surface area contributed by atoms with Crippen LogP contribution < -0.4 is 0 Å². The van der Waals surface area contributed by atoms with Crippen molar-refractivity contribution in [2.24, 2.45) is 17.8 Å². The first-order valence-electron chi connectivity index (χ1n) is 5.80. The number of rotatable bonds is 4. The van der Waals surface area contributed by atoms with E-state index in [1.807, 2.05) is 0 Å². The molecule has 0 aliphatic heterocycles. The van der Waals surface area contributed by atoms with Gasteiger partial charge in [0.25, 0.3) is 0 Å². The van der Waals surface area contributed by atoms with E-state index in [1.165, 1.54) is 12.8 Å². The molecule has 0 amide bonds. The molecule has 1 rings (SSSR count). The van der Waals surface area contributed by atoms with Crippen LogP contribution in [0.5, 0.6) is 0 Å². The van der Waals surface area contributed by atoms with Crippen LogP contribution in [-0.2, 0) is 9.53 Å². The number of carbonyl (C=O) groups excluding carboxylic acids is 1. The van der Waals surface area contributed by atoms with Gasteiger partial charge >= 0.3 is 0 Å². The van der Waals surface area contributed by atoms with E-state index in [4.69, 9.17) is 16.3 Å². The van der Waals surface area contributed by atoms with Crippen LogP contribution in [0.4, 0.5) is 0 Å². The molecular formula is C12H21ClO2. The van der Waals surface area contributed by atoms with Crippen molar-refractivity contribution < 1.29 is 9.53 Å². The normalized spacial score (nSPS) is 31.9. The Kier molecular flexibility index (Phi) is 5.07. The van der Waals surface area contributed by atoms with Crippen LogP contribution in [0.3, 0.4) is 0 Å². The van der Waals surface area contributed by atoms with Crippen LogP contribution in [0.2, 0.25) is 0 Å². The Balaban J connectivity index is 2.50. The molecule has 0 heterocycles. The van der Waals surface area contributed by atoms with E-state index >= 15 is 0 Å². The second-order valence-electron chi connectivity index (χ2n) is 5.03. The third-order valence-corrected chi connectivity index (χ3v) is 3.48. The van der Waals surface area contributed by atoms with E-state index in [1.54, 1.807) is 0 Å². The summed E-state index contributed by atoms with van der Waals surface area (Å²) in [6, 6.07) is 0. The summed E-state index contributed by atoms with van der Waals surface area (Å²) >= 11 is 5.30. The number of hydrogen-bond acceptors (Lipinski definition) is 2. The minimum atomic E-state index is -0.393. The summed E-state index contributed by atoms with van der Waals surface area (Å²) in [5, 5.41) is -0.393. The van der Waals surface area contributed by atoms with Crippen molar-refractivity contribution in [1.29, 1.82) is 0 Å². The van der Waals surface area contributed by atoms with Crippen molar-refractivity contribution in [2.75, 3.05) is 6.61 Å². The summed E-state index contributed by atoms with van der Waals surface area (Å²) < 4.78 is 5.61. The smallest absolute Gasteiger partial charge is 0.247 e. The molecule has 1 saturated carbocycles. The zero-order valence-electron chi connectivity index (χ0n) is 9.83. The lowest BCUT2D eigenvalue weighted by Gasteiger charge is -2.36. The van der Waals surface area contributed by atoms with Gasteiger partial charge in [-0.2, -0.15) is 0 Å². The molecule has 0 bridgehead atoms. The van der Waals surface area contributed by atoms with E-state index in [0.29, 0.717) is 17.8 Å². The average Bonchev–Trinajstić information content (AvgIpc) is 2.14. The number of hydrogen-bond donors (Lipinski definition) is 0. The summed E-state index contributed by atoms with van der Waals surface area (Å²) in [6.45, 7) is 6.75. The molecule has 0 radical (unpaired) electrons. The lowest BCUT2D eigenvalue weighted by atomic mass is 9.75. The number of ether oxygens (including phenoxy) is 1. The summed E-state index contributed by atoms with van der Waals surface area (Å²) in [4.78, 5) is 10.7. The highest BCUT2D eigenvalue weighted by Crippen LogP contribution is 2.35. The van der Waals surface area contributed by atoms with Crippen LogP contribution in [0.15, 0.2) is 0 Å². The zero-order valence-corrected chi connectivity index (χ0v) is 10.6. The summed E-state index contributed by atoms with van der Waals surface area (Å²) in [7, 11) is 0. The van der Waals surface area contributed by atoms with Gasteiger partial charge in [0.15, 0.2) is 0 Å². The minimum absolute atomic E-state index is 0.0577. The number of carbonyl (C=O) groups is 1. The van der Waals surface area contributed by atoms with E-state index in [2.05, 4.69) is 20.8 Å². The fourth-order valence-electron chi connectivity index (χ4n) is 2.48. The standard InChI is InChI=1S/C12H21ClO2/c1-8(2)10-5-4-9(3)6-11(10)15-7-12(13)14/h8-11H,4-7H2,1-3H3/t9-,10-,11+/m1/s1. The lowest BCUT2D eigenvalue weighted by Crippen LogP contribution is -2.35. The topological polar surface area (TPSA) is 26.3 Å². The van der Waals surface area contributed by atoms with Crippen LogP contribution >= 0.6 is 11.6 Å². The molecule has 0 saturated heterocycles. The molecule has 1 aliphatic carbocycles. The first kappa shape index (κ1) is 13.0. The third-order valence-electron chi connectivity index (χ3n) is 3.37. The van der Waals surface area contributed by atoms with Crippen molar-refractivity contribution in [3.05, 3.63) is 0 Å². The van der Waals surface area contributed by atoms with Crippen molar-refractivity contribution in [3.63, 3.8) is 0 Å². The van der Waals surface area contributed by atoms with Crippen LogP contribution in [0, 0.1) is 17.8 Å². The predicted molar refractivity (Wildman–Crippen MR) is 61.9 cm³/mol. The molecule has 0 N–H and O–H groups in total. The van der Waals surface area contributed by atoms with Crippen molar-refractivity contribution in [2.45, 2.75) is 46.1 Å². The fourth-order valence-corrected chi connectivity index (χ4v) is 2.54. The van der Waals surface area contributed by atoms with Gasteiger partial charge in [-0.1, -0.05) is 27.2 Å². The van der Waals surface area contributed by atoms with Gasteiger partial charge in [-0.05, 0) is 42.2 Å². The van der Waals surface area contributed by atoms with Gasteiger partial charge in [-0.25, -0.2) is 0 Å². The molecule has 3 heteroatoms. The fraction of sp³-hybridized carbons (Fsp3) is 0.917. The highest BCUT2D eigenvalue weighted by Gasteiger charge is 2.31. The Morgan fingerprint density at radius 2 is 2.13 bits per heavy atom. The molecule has 2 nitrogen and oxygen atoms in total. The SMILES string of the molecule is CC(C)[C@H]1CC[C@@H](C)C[C@@H]1OCC(=O)Cl. The summed E-state index contributed by atoms with van der Waals surface area (Å²) in [6.07, 6.45) is 3.77. The highest BCUT2D eigenvalue weighted by molar-refractivity contribution is 6.63. The molecule has 0 aromatic heterocycles. The van der Waals surface area contributed by atoms with E-state index in [-0.39, 0.29) is 12.7 Å². The summed E-state index contributed by atoms with van der Waals surface area (Å²) in [5.74, 6) is 1.90. The van der Waals surface area contributed by atoms with Gasteiger partial charge in [0.2, 0.25) is 5.24 Å². The maximum absolute atomic E-state index is 10.7. The predicted octanol–water partition coefficient (Wildman–Crippen LogP) is 3.23. The molecular weight excluding hydrogens is 212 g/mol. The molecule has 0 unspecified atom stereocenters. The van der Waals surface area contributed by atoms with Crippen molar-refractivity contribution >= 4 is 16.8 Å². The molecule has 15 heavy (non-hydrogen) atoms. The minimum Gasteiger partial charge on any atom is -0.369 e. The first-order valence-corrected chi connectivity index (χ1v) is 6.18. The molecule has 3 atom stereocenters. The molecule has 0 aromatic carbocycles. The Hall–Kier alpha value is -0.0800. The Labute approximate surface area is 97.3 Å². The van der Waals surface area contributed by atoms with E-state index < -0.39 is 5.24 Å². The van der Waals surface area contributed by atoms with Gasteiger partial charge < -0.3 is 4.74 Å². The quantitative estimate of drug-likeness (QED) is 0.696. The lowest BCUT2D eigenvalue weighted by molar-refractivity contribution is -0.121. The van der Waals surface area contributed by atoms with Gasteiger partial charge in [0, 0.05) is 0 Å². The molecule has 0 spiro atoms. The second-order valence-corrected chi connectivity index (χ2v) is 5.45. The summed E-state index contributed by atoms with van der Waals surface area (Å²) in [5.41, 5.74) is 0. The molecule has 0 aromatic rings.